The van der Waals surface area contributed by atoms with Gasteiger partial charge in [0.2, 0.25) is 0 Å². The van der Waals surface area contributed by atoms with Crippen molar-refractivity contribution in [3.63, 3.8) is 0 Å². The molecule has 0 spiro atoms. The molecule has 1 aromatic carbocycles. The van der Waals surface area contributed by atoms with E-state index in [1.165, 1.54) is 6.08 Å². The van der Waals surface area contributed by atoms with Gasteiger partial charge in [0.05, 0.1) is 4.92 Å². The Kier molecular flexibility index (Phi) is 3.85. The number of hydrogen-bond donors (Lipinski definition) is 0. The highest BCUT2D eigenvalue weighted by molar-refractivity contribution is 5.36. The summed E-state index contributed by atoms with van der Waals surface area (Å²) < 4.78 is 5.34. The van der Waals surface area contributed by atoms with Crippen LogP contribution in [0.15, 0.2) is 54.3 Å². The van der Waals surface area contributed by atoms with Crippen LogP contribution < -0.4 is 0 Å². The lowest BCUT2D eigenvalue weighted by Gasteiger charge is -2.35. The summed E-state index contributed by atoms with van der Waals surface area (Å²) in [4.78, 5) is 10.5. The lowest BCUT2D eigenvalue weighted by molar-refractivity contribution is -0.420. The Hall–Kier alpha value is -2.61. The van der Waals surface area contributed by atoms with Crippen LogP contribution in [0.1, 0.15) is 18.9 Å². The minimum atomic E-state index is -0.968. The van der Waals surface area contributed by atoms with E-state index in [0.717, 1.165) is 5.56 Å². The van der Waals surface area contributed by atoms with Crippen LogP contribution in [-0.2, 0) is 10.3 Å². The number of nitriles is 1. The molecule has 5 heteroatoms. The molecule has 0 radical (unpaired) electrons. The molecule has 2 rings (SSSR count). The number of rotatable bonds is 4. The van der Waals surface area contributed by atoms with E-state index in [2.05, 4.69) is 0 Å². The number of nitrogens with zero attached hydrogens (tertiary/aromatic N) is 2. The molecule has 0 N–H and O–H groups in total. The molecule has 1 aromatic rings. The van der Waals surface area contributed by atoms with Gasteiger partial charge in [-0.1, -0.05) is 37.3 Å². The summed E-state index contributed by atoms with van der Waals surface area (Å²) in [6.07, 6.45) is 6.93. The van der Waals surface area contributed by atoms with Crippen molar-refractivity contribution >= 4 is 0 Å². The van der Waals surface area contributed by atoms with Crippen molar-refractivity contribution in [2.24, 2.45) is 5.92 Å². The third-order valence-corrected chi connectivity index (χ3v) is 3.51. The molecule has 0 saturated heterocycles. The van der Waals surface area contributed by atoms with Gasteiger partial charge in [-0.3, -0.25) is 10.1 Å². The molecule has 0 aliphatic heterocycles. The molecule has 0 bridgehead atoms. The van der Waals surface area contributed by atoms with E-state index in [1.807, 2.05) is 37.3 Å². The normalized spacial score (nSPS) is 24.6. The molecule has 20 heavy (non-hydrogen) atoms. The topological polar surface area (TPSA) is 76.2 Å². The first-order valence-corrected chi connectivity index (χ1v) is 6.32. The fraction of sp³-hybridized carbons (Fsp3) is 0.267. The maximum atomic E-state index is 10.9. The summed E-state index contributed by atoms with van der Waals surface area (Å²) in [6.45, 7) is 1.91. The van der Waals surface area contributed by atoms with E-state index < -0.39 is 10.5 Å². The van der Waals surface area contributed by atoms with E-state index in [9.17, 15) is 10.1 Å². The van der Waals surface area contributed by atoms with Crippen molar-refractivity contribution in [2.45, 2.75) is 18.9 Å². The lowest BCUT2D eigenvalue weighted by atomic mass is 9.76. The maximum absolute atomic E-state index is 10.9. The molecule has 2 atom stereocenters. The van der Waals surface area contributed by atoms with Crippen molar-refractivity contribution in [1.82, 2.24) is 0 Å². The summed E-state index contributed by atoms with van der Waals surface area (Å²) in [5.74, 6) is -0.269. The molecular formula is C15H14N2O3. The zero-order valence-corrected chi connectivity index (χ0v) is 11.0. The second-order valence-electron chi connectivity index (χ2n) is 4.55. The van der Waals surface area contributed by atoms with E-state index in [1.54, 1.807) is 18.4 Å². The minimum Gasteiger partial charge on any atom is -0.411 e. The Bertz CT molecular complexity index is 601. The average molecular weight is 270 g/mol. The van der Waals surface area contributed by atoms with Gasteiger partial charge in [-0.15, -0.1) is 0 Å². The number of hydrogen-bond acceptors (Lipinski definition) is 4. The number of nitro groups is 1. The third kappa shape index (κ3) is 2.28. The van der Waals surface area contributed by atoms with E-state index >= 15 is 0 Å². The number of benzene rings is 1. The molecule has 0 heterocycles. The summed E-state index contributed by atoms with van der Waals surface area (Å²) in [5, 5.41) is 19.9. The summed E-state index contributed by atoms with van der Waals surface area (Å²) in [5.41, 5.74) is -0.127. The fourth-order valence-corrected chi connectivity index (χ4v) is 2.51. The Morgan fingerprint density at radius 2 is 2.15 bits per heavy atom. The van der Waals surface area contributed by atoms with Gasteiger partial charge in [0.15, 0.2) is 5.60 Å². The molecule has 0 amide bonds. The van der Waals surface area contributed by atoms with E-state index in [4.69, 9.17) is 10.00 Å². The van der Waals surface area contributed by atoms with Crippen molar-refractivity contribution in [3.05, 3.63) is 69.9 Å². The van der Waals surface area contributed by atoms with Crippen LogP contribution in [0.25, 0.3) is 0 Å². The summed E-state index contributed by atoms with van der Waals surface area (Å²) in [6, 6.07) is 9.29. The van der Waals surface area contributed by atoms with Crippen LogP contribution in [0.3, 0.4) is 0 Å². The smallest absolute Gasteiger partial charge is 0.287 e. The fourth-order valence-electron chi connectivity index (χ4n) is 2.51. The molecule has 102 valence electrons. The number of allylic oxidation sites excluding steroid dienone is 1. The van der Waals surface area contributed by atoms with Crippen LogP contribution in [0.5, 0.6) is 0 Å². The molecule has 0 saturated carbocycles. The second-order valence-corrected chi connectivity index (χ2v) is 4.55. The Morgan fingerprint density at radius 3 is 2.70 bits per heavy atom. The van der Waals surface area contributed by atoms with Gasteiger partial charge in [0.25, 0.3) is 12.0 Å². The predicted octanol–water partition coefficient (Wildman–Crippen LogP) is 3.14. The Balaban J connectivity index is 2.52. The first-order chi connectivity index (χ1) is 9.64. The van der Waals surface area contributed by atoms with Gasteiger partial charge in [0.1, 0.15) is 0 Å². The van der Waals surface area contributed by atoms with Gasteiger partial charge in [-0.05, 0) is 12.5 Å². The zero-order chi connectivity index (χ0) is 14.6. The van der Waals surface area contributed by atoms with E-state index in [0.29, 0.717) is 6.42 Å². The molecule has 0 fully saturated rings. The van der Waals surface area contributed by atoms with Crippen LogP contribution >= 0.6 is 0 Å². The highest BCUT2D eigenvalue weighted by Crippen LogP contribution is 2.41. The third-order valence-electron chi connectivity index (χ3n) is 3.51. The van der Waals surface area contributed by atoms with Crippen molar-refractivity contribution in [2.75, 3.05) is 0 Å². The lowest BCUT2D eigenvalue weighted by Crippen LogP contribution is -2.36. The molecular weight excluding hydrogens is 256 g/mol. The van der Waals surface area contributed by atoms with Crippen molar-refractivity contribution < 1.29 is 9.66 Å². The number of ether oxygens (including phenoxy) is 1. The first-order valence-electron chi connectivity index (χ1n) is 6.32. The molecule has 0 aromatic heterocycles. The van der Waals surface area contributed by atoms with E-state index in [-0.39, 0.29) is 11.6 Å². The maximum Gasteiger partial charge on any atom is 0.287 e. The molecule has 1 aliphatic rings. The van der Waals surface area contributed by atoms with Gasteiger partial charge < -0.3 is 4.74 Å². The zero-order valence-electron chi connectivity index (χ0n) is 11.0. The van der Waals surface area contributed by atoms with Crippen molar-refractivity contribution in [3.8, 4) is 6.26 Å². The van der Waals surface area contributed by atoms with Crippen LogP contribution in [0.2, 0.25) is 0 Å². The van der Waals surface area contributed by atoms with Gasteiger partial charge in [-0.25, -0.2) is 0 Å². The Morgan fingerprint density at radius 1 is 1.45 bits per heavy atom. The largest absolute Gasteiger partial charge is 0.411 e. The predicted molar refractivity (Wildman–Crippen MR) is 72.8 cm³/mol. The van der Waals surface area contributed by atoms with Crippen LogP contribution in [0.4, 0.5) is 0 Å². The molecule has 1 aliphatic carbocycles. The standard InChI is InChI=1S/C15H14N2O3/c1-2-12-10-14(17(18)19)8-9-15(12,20-11-16)13-6-4-3-5-7-13/h3-10,12H,2H2,1H3. The van der Waals surface area contributed by atoms with Gasteiger partial charge in [0, 0.05) is 23.6 Å². The van der Waals surface area contributed by atoms with Gasteiger partial charge in [-0.2, -0.15) is 5.26 Å². The van der Waals surface area contributed by atoms with Gasteiger partial charge >= 0.3 is 0 Å². The summed E-state index contributed by atoms with van der Waals surface area (Å²) in [7, 11) is 0. The average Bonchev–Trinajstić information content (AvgIpc) is 2.48. The SMILES string of the molecule is CCC1C=C([N+](=O)[O-])C=CC1(OC#N)c1ccccc1. The van der Waals surface area contributed by atoms with Crippen molar-refractivity contribution in [1.29, 1.82) is 5.26 Å². The highest BCUT2D eigenvalue weighted by Gasteiger charge is 2.42. The first kappa shape index (κ1) is 13.8. The monoisotopic (exact) mass is 270 g/mol. The summed E-state index contributed by atoms with van der Waals surface area (Å²) >= 11 is 0. The molecule has 5 nitrogen and oxygen atoms in total. The van der Waals surface area contributed by atoms with Crippen LogP contribution in [0, 0.1) is 27.5 Å². The second kappa shape index (κ2) is 5.57. The Labute approximate surface area is 116 Å². The highest BCUT2D eigenvalue weighted by atomic mass is 16.6. The van der Waals surface area contributed by atoms with Crippen LogP contribution in [-0.4, -0.2) is 4.92 Å². The minimum absolute atomic E-state index is 0.0324. The molecule has 2 unspecified atom stereocenters. The quantitative estimate of drug-likeness (QED) is 0.478.